The van der Waals surface area contributed by atoms with E-state index in [-0.39, 0.29) is 35.5 Å². The Morgan fingerprint density at radius 1 is 1.06 bits per heavy atom. The summed E-state index contributed by atoms with van der Waals surface area (Å²) in [7, 11) is 1.36. The van der Waals surface area contributed by atoms with Gasteiger partial charge in [-0.15, -0.1) is 0 Å². The highest BCUT2D eigenvalue weighted by atomic mass is 19.3. The van der Waals surface area contributed by atoms with E-state index in [1.165, 1.54) is 18.7 Å². The van der Waals surface area contributed by atoms with E-state index in [4.69, 9.17) is 4.74 Å². The van der Waals surface area contributed by atoms with Crippen LogP contribution in [0.4, 0.5) is 8.78 Å². The van der Waals surface area contributed by atoms with Crippen LogP contribution in [-0.2, 0) is 25.8 Å². The fourth-order valence-corrected chi connectivity index (χ4v) is 4.14. The van der Waals surface area contributed by atoms with Crippen LogP contribution < -0.4 is 15.0 Å². The highest BCUT2D eigenvalue weighted by Crippen LogP contribution is 2.30. The molecule has 1 atom stereocenters. The Morgan fingerprint density at radius 2 is 1.83 bits per heavy atom. The first-order valence-corrected chi connectivity index (χ1v) is 11.7. The third kappa shape index (κ3) is 6.06. The van der Waals surface area contributed by atoms with Crippen molar-refractivity contribution in [3.8, 4) is 11.5 Å². The summed E-state index contributed by atoms with van der Waals surface area (Å²) >= 11 is 0. The van der Waals surface area contributed by atoms with E-state index in [9.17, 15) is 18.7 Å². The number of ether oxygens (including phenoxy) is 2. The highest BCUT2D eigenvalue weighted by Gasteiger charge is 2.18. The molecule has 0 spiro atoms. The molecule has 10 heteroatoms. The molecule has 0 aliphatic carbocycles. The largest absolute Gasteiger partial charge is 0.493 e. The number of hydrogen-bond donors (Lipinski definition) is 2. The van der Waals surface area contributed by atoms with E-state index in [2.05, 4.69) is 31.8 Å². The number of H-pyrrole nitrogens is 1. The number of aryl methyl sites for hydroxylation is 2. The second kappa shape index (κ2) is 11.3. The molecule has 4 aromatic rings. The van der Waals surface area contributed by atoms with E-state index in [1.54, 1.807) is 23.6 Å². The number of hydrogen-bond acceptors (Lipinski definition) is 6. The number of aliphatic hydroxyl groups excluding tert-OH is 1. The van der Waals surface area contributed by atoms with Gasteiger partial charge in [0, 0.05) is 12.8 Å². The second-order valence-electron chi connectivity index (χ2n) is 8.55. The lowest BCUT2D eigenvalue weighted by atomic mass is 10.1. The van der Waals surface area contributed by atoms with Crippen molar-refractivity contribution in [3.63, 3.8) is 0 Å². The van der Waals surface area contributed by atoms with E-state index in [0.29, 0.717) is 29.3 Å². The number of aromatic nitrogens is 4. The fourth-order valence-electron chi connectivity index (χ4n) is 4.14. The third-order valence-electron chi connectivity index (χ3n) is 5.70. The van der Waals surface area contributed by atoms with Gasteiger partial charge in [-0.05, 0) is 43.0 Å². The lowest BCUT2D eigenvalue weighted by Gasteiger charge is -2.12. The topological polar surface area (TPSA) is 102 Å². The quantitative estimate of drug-likeness (QED) is 0.326. The first kappa shape index (κ1) is 25.3. The van der Waals surface area contributed by atoms with Crippen LogP contribution in [0.5, 0.6) is 11.5 Å². The van der Waals surface area contributed by atoms with Crippen molar-refractivity contribution in [2.45, 2.75) is 51.9 Å². The van der Waals surface area contributed by atoms with Crippen LogP contribution in [0.1, 0.15) is 36.1 Å². The highest BCUT2D eigenvalue weighted by molar-refractivity contribution is 5.70. The molecule has 0 fully saturated rings. The van der Waals surface area contributed by atoms with Crippen LogP contribution in [0.25, 0.3) is 11.2 Å². The van der Waals surface area contributed by atoms with E-state index in [1.807, 2.05) is 18.2 Å². The molecule has 2 N–H and O–H groups in total. The molecular formula is C26H28F2N4O4. The van der Waals surface area contributed by atoms with Gasteiger partial charge in [-0.3, -0.25) is 4.79 Å². The second-order valence-corrected chi connectivity index (χ2v) is 8.55. The Labute approximate surface area is 206 Å². The summed E-state index contributed by atoms with van der Waals surface area (Å²) < 4.78 is 36.7. The molecule has 2 aromatic heterocycles. The van der Waals surface area contributed by atoms with E-state index < -0.39 is 12.7 Å². The molecule has 0 saturated heterocycles. The average molecular weight is 499 g/mol. The summed E-state index contributed by atoms with van der Waals surface area (Å²) in [5.74, 6) is 1.13. The molecule has 4 rings (SSSR count). The van der Waals surface area contributed by atoms with Crippen molar-refractivity contribution in [1.82, 2.24) is 19.5 Å². The van der Waals surface area contributed by atoms with Gasteiger partial charge < -0.3 is 24.1 Å². The zero-order valence-electron chi connectivity index (χ0n) is 20.1. The smallest absolute Gasteiger partial charge is 0.387 e. The maximum absolute atomic E-state index is 12.9. The molecule has 2 aromatic carbocycles. The molecule has 0 radical (unpaired) electrons. The molecule has 0 amide bonds. The fraction of sp³-hybridized carbons (Fsp3) is 0.346. The summed E-state index contributed by atoms with van der Waals surface area (Å²) in [5.41, 5.74) is 2.13. The maximum Gasteiger partial charge on any atom is 0.387 e. The number of nitrogens with zero attached hydrogens (tertiary/aromatic N) is 3. The normalized spacial score (nSPS) is 12.3. The molecule has 8 nitrogen and oxygen atoms in total. The van der Waals surface area contributed by atoms with Crippen LogP contribution in [-0.4, -0.2) is 44.5 Å². The van der Waals surface area contributed by atoms with E-state index >= 15 is 0 Å². The van der Waals surface area contributed by atoms with Crippen molar-refractivity contribution in [1.29, 1.82) is 0 Å². The van der Waals surface area contributed by atoms with Crippen molar-refractivity contribution in [2.24, 2.45) is 0 Å². The molecule has 1 unspecified atom stereocenters. The van der Waals surface area contributed by atoms with Crippen molar-refractivity contribution >= 4 is 11.2 Å². The molecule has 2 heterocycles. The van der Waals surface area contributed by atoms with Crippen molar-refractivity contribution < 1.29 is 23.4 Å². The number of halogens is 2. The molecule has 0 aliphatic rings. The molecule has 36 heavy (non-hydrogen) atoms. The number of alkyl halides is 2. The Morgan fingerprint density at radius 3 is 2.53 bits per heavy atom. The minimum absolute atomic E-state index is 0.0803. The summed E-state index contributed by atoms with van der Waals surface area (Å²) in [4.78, 5) is 24.8. The van der Waals surface area contributed by atoms with Gasteiger partial charge in [-0.1, -0.05) is 36.4 Å². The Hall–Kier alpha value is -3.79. The number of benzene rings is 2. The summed E-state index contributed by atoms with van der Waals surface area (Å²) in [6.45, 7) is -1.05. The summed E-state index contributed by atoms with van der Waals surface area (Å²) in [6, 6.07) is 14.7. The van der Waals surface area contributed by atoms with Crippen LogP contribution >= 0.6 is 0 Å². The van der Waals surface area contributed by atoms with Crippen LogP contribution in [0.15, 0.2) is 53.3 Å². The molecule has 0 bridgehead atoms. The van der Waals surface area contributed by atoms with Crippen molar-refractivity contribution in [2.75, 3.05) is 7.11 Å². The lowest BCUT2D eigenvalue weighted by molar-refractivity contribution is -0.0512. The molecular weight excluding hydrogens is 470 g/mol. The minimum atomic E-state index is -2.97. The molecule has 0 saturated carbocycles. The first-order chi connectivity index (χ1) is 17.3. The van der Waals surface area contributed by atoms with Crippen LogP contribution in [0.3, 0.4) is 0 Å². The van der Waals surface area contributed by atoms with Gasteiger partial charge >= 0.3 is 6.61 Å². The van der Waals surface area contributed by atoms with Gasteiger partial charge in [0.1, 0.15) is 11.6 Å². The lowest BCUT2D eigenvalue weighted by Crippen LogP contribution is -2.17. The Balaban J connectivity index is 1.62. The summed E-state index contributed by atoms with van der Waals surface area (Å²) in [5, 5.41) is 10.1. The zero-order chi connectivity index (χ0) is 25.7. The predicted molar refractivity (Wildman–Crippen MR) is 131 cm³/mol. The number of aliphatic hydroxyl groups is 1. The number of aromatic amines is 1. The monoisotopic (exact) mass is 498 g/mol. The standard InChI is InChI=1S/C26H28F2N4O4/c1-16(33)15-32-22(10-6-9-17-7-4-3-5-8-17)31-23-24(32)29-21(30-25(23)34)14-18-11-12-19(36-26(27)28)20(13-18)35-2/h3-5,7-8,11-13,16,26,33H,6,9-10,14-15H2,1-2H3,(H,29,30,34). The molecule has 0 aliphatic heterocycles. The number of fused-ring (bicyclic) bond motifs is 1. The average Bonchev–Trinajstić information content (AvgIpc) is 3.17. The van der Waals surface area contributed by atoms with Crippen LogP contribution in [0, 0.1) is 0 Å². The van der Waals surface area contributed by atoms with Crippen LogP contribution in [0.2, 0.25) is 0 Å². The number of imidazole rings is 1. The summed E-state index contributed by atoms with van der Waals surface area (Å²) in [6.07, 6.45) is 1.87. The Bertz CT molecular complexity index is 1370. The maximum atomic E-state index is 12.9. The SMILES string of the molecule is COc1cc(Cc2nc3c(nc(CCCc4ccccc4)n3CC(C)O)c(=O)[nH]2)ccc1OC(F)F. The van der Waals surface area contributed by atoms with Gasteiger partial charge in [-0.25, -0.2) is 9.97 Å². The minimum Gasteiger partial charge on any atom is -0.493 e. The Kier molecular flexibility index (Phi) is 7.94. The first-order valence-electron chi connectivity index (χ1n) is 11.7. The molecule has 190 valence electrons. The predicted octanol–water partition coefficient (Wildman–Crippen LogP) is 3.88. The van der Waals surface area contributed by atoms with Crippen molar-refractivity contribution in [3.05, 3.63) is 81.7 Å². The van der Waals surface area contributed by atoms with Gasteiger partial charge in [0.15, 0.2) is 22.7 Å². The zero-order valence-corrected chi connectivity index (χ0v) is 20.1. The van der Waals surface area contributed by atoms with E-state index in [0.717, 1.165) is 12.8 Å². The third-order valence-corrected chi connectivity index (χ3v) is 5.70. The number of rotatable bonds is 11. The van der Waals surface area contributed by atoms with Gasteiger partial charge in [-0.2, -0.15) is 8.78 Å². The van der Waals surface area contributed by atoms with Gasteiger partial charge in [0.2, 0.25) is 0 Å². The number of methoxy groups -OCH3 is 1. The van der Waals surface area contributed by atoms with Gasteiger partial charge in [0.05, 0.1) is 19.8 Å². The number of nitrogens with one attached hydrogen (secondary N) is 1. The van der Waals surface area contributed by atoms with Gasteiger partial charge in [0.25, 0.3) is 5.56 Å².